The third kappa shape index (κ3) is 2.68. The minimum absolute atomic E-state index is 0.101. The Bertz CT molecular complexity index is 433. The van der Waals surface area contributed by atoms with Gasteiger partial charge in [0.15, 0.2) is 0 Å². The van der Waals surface area contributed by atoms with Gasteiger partial charge in [0.1, 0.15) is 0 Å². The fourth-order valence-electron chi connectivity index (χ4n) is 1.57. The first-order valence-corrected chi connectivity index (χ1v) is 5.97. The van der Waals surface area contributed by atoms with Gasteiger partial charge in [-0.15, -0.1) is 0 Å². The highest BCUT2D eigenvalue weighted by Crippen LogP contribution is 2.44. The van der Waals surface area contributed by atoms with Crippen molar-refractivity contribution in [3.8, 4) is 6.07 Å². The van der Waals surface area contributed by atoms with Crippen LogP contribution in [0.15, 0.2) is 18.2 Å². The van der Waals surface area contributed by atoms with Gasteiger partial charge in [-0.2, -0.15) is 5.26 Å². The summed E-state index contributed by atoms with van der Waals surface area (Å²) in [5, 5.41) is 13.3. The summed E-state index contributed by atoms with van der Waals surface area (Å²) in [6.07, 6.45) is 2.02. The number of nitrogens with zero attached hydrogens (tertiary/aromatic N) is 1. The number of rotatable bonds is 4. The molecule has 0 spiro atoms. The summed E-state index contributed by atoms with van der Waals surface area (Å²) in [6.45, 7) is 1.48. The Balaban J connectivity index is 1.86. The smallest absolute Gasteiger partial charge is 0.0703 e. The number of halogens is 2. The van der Waals surface area contributed by atoms with Gasteiger partial charge in [0.25, 0.3) is 0 Å². The first-order chi connectivity index (χ1) is 7.65. The molecule has 1 N–H and O–H groups in total. The Hall–Kier alpha value is -0.750. The molecule has 0 aromatic heterocycles. The van der Waals surface area contributed by atoms with E-state index in [9.17, 15) is 0 Å². The average molecular weight is 255 g/mol. The monoisotopic (exact) mass is 254 g/mol. The minimum atomic E-state index is -0.101. The number of benzene rings is 1. The second kappa shape index (κ2) is 4.63. The Morgan fingerprint density at radius 3 is 2.62 bits per heavy atom. The second-order valence-electron chi connectivity index (χ2n) is 4.24. The number of hydrogen-bond acceptors (Lipinski definition) is 2. The third-order valence-corrected chi connectivity index (χ3v) is 3.61. The van der Waals surface area contributed by atoms with Gasteiger partial charge in [0.2, 0.25) is 0 Å². The number of hydrogen-bond donors (Lipinski definition) is 1. The van der Waals surface area contributed by atoms with Crippen LogP contribution in [0.4, 0.5) is 0 Å². The van der Waals surface area contributed by atoms with Gasteiger partial charge in [-0.1, -0.05) is 29.3 Å². The summed E-state index contributed by atoms with van der Waals surface area (Å²) < 4.78 is 0. The van der Waals surface area contributed by atoms with Crippen LogP contribution in [0.2, 0.25) is 10.0 Å². The molecule has 0 saturated heterocycles. The van der Waals surface area contributed by atoms with Crippen molar-refractivity contribution < 1.29 is 0 Å². The second-order valence-corrected chi connectivity index (χ2v) is 5.06. The van der Waals surface area contributed by atoms with Crippen LogP contribution in [0.3, 0.4) is 0 Å². The van der Waals surface area contributed by atoms with Crippen molar-refractivity contribution in [3.63, 3.8) is 0 Å². The molecular weight excluding hydrogens is 243 g/mol. The highest BCUT2D eigenvalue weighted by molar-refractivity contribution is 6.42. The molecule has 0 atom stereocenters. The molecule has 4 heteroatoms. The molecule has 2 nitrogen and oxygen atoms in total. The van der Waals surface area contributed by atoms with E-state index in [1.165, 1.54) is 0 Å². The van der Waals surface area contributed by atoms with Crippen molar-refractivity contribution in [3.05, 3.63) is 33.8 Å². The van der Waals surface area contributed by atoms with Gasteiger partial charge >= 0.3 is 0 Å². The lowest BCUT2D eigenvalue weighted by atomic mass is 10.1. The highest BCUT2D eigenvalue weighted by Gasteiger charge is 2.42. The molecule has 1 aliphatic rings. The predicted molar refractivity (Wildman–Crippen MR) is 65.4 cm³/mol. The highest BCUT2D eigenvalue weighted by atomic mass is 35.5. The first kappa shape index (κ1) is 11.7. The van der Waals surface area contributed by atoms with Gasteiger partial charge in [-0.3, -0.25) is 0 Å². The van der Waals surface area contributed by atoms with Crippen molar-refractivity contribution in [2.45, 2.75) is 19.4 Å². The minimum Gasteiger partial charge on any atom is -0.311 e. The molecule has 0 heterocycles. The van der Waals surface area contributed by atoms with E-state index in [0.717, 1.165) is 31.5 Å². The van der Waals surface area contributed by atoms with E-state index < -0.39 is 0 Å². The summed E-state index contributed by atoms with van der Waals surface area (Å²) >= 11 is 11.7. The van der Waals surface area contributed by atoms with E-state index in [1.807, 2.05) is 12.1 Å². The zero-order valence-corrected chi connectivity index (χ0v) is 10.3. The van der Waals surface area contributed by atoms with Crippen LogP contribution in [0, 0.1) is 16.7 Å². The lowest BCUT2D eigenvalue weighted by Gasteiger charge is -2.08. The van der Waals surface area contributed by atoms with E-state index in [1.54, 1.807) is 6.07 Å². The van der Waals surface area contributed by atoms with Crippen molar-refractivity contribution in [2.75, 3.05) is 6.54 Å². The lowest BCUT2D eigenvalue weighted by Crippen LogP contribution is -2.22. The fraction of sp³-hybridized carbons (Fsp3) is 0.417. The van der Waals surface area contributed by atoms with Crippen LogP contribution in [-0.2, 0) is 6.54 Å². The Kier molecular flexibility index (Phi) is 3.39. The van der Waals surface area contributed by atoms with Gasteiger partial charge in [-0.05, 0) is 30.5 Å². The van der Waals surface area contributed by atoms with Crippen LogP contribution in [0.5, 0.6) is 0 Å². The summed E-state index contributed by atoms with van der Waals surface area (Å²) in [5.41, 5.74) is 0.985. The molecule has 1 fully saturated rings. The maximum atomic E-state index is 8.91. The Morgan fingerprint density at radius 1 is 1.31 bits per heavy atom. The van der Waals surface area contributed by atoms with Crippen LogP contribution in [0.1, 0.15) is 18.4 Å². The van der Waals surface area contributed by atoms with Crippen LogP contribution in [0.25, 0.3) is 0 Å². The molecule has 1 aliphatic carbocycles. The summed E-state index contributed by atoms with van der Waals surface area (Å²) in [4.78, 5) is 0. The van der Waals surface area contributed by atoms with E-state index in [4.69, 9.17) is 28.5 Å². The van der Waals surface area contributed by atoms with Gasteiger partial charge in [0.05, 0.1) is 21.5 Å². The molecule has 16 heavy (non-hydrogen) atoms. The average Bonchev–Trinajstić information content (AvgIpc) is 3.04. The first-order valence-electron chi connectivity index (χ1n) is 5.21. The quantitative estimate of drug-likeness (QED) is 0.895. The molecule has 0 aliphatic heterocycles. The number of nitriles is 1. The molecule has 84 valence electrons. The van der Waals surface area contributed by atoms with E-state index >= 15 is 0 Å². The molecular formula is C12H12Cl2N2. The molecule has 1 aromatic rings. The summed E-state index contributed by atoms with van der Waals surface area (Å²) in [7, 11) is 0. The molecule has 0 radical (unpaired) electrons. The predicted octanol–water partition coefficient (Wildman–Crippen LogP) is 3.39. The zero-order chi connectivity index (χ0) is 11.6. The van der Waals surface area contributed by atoms with Gasteiger partial charge in [0, 0.05) is 13.1 Å². The summed E-state index contributed by atoms with van der Waals surface area (Å²) in [6, 6.07) is 7.93. The van der Waals surface area contributed by atoms with E-state index in [2.05, 4.69) is 11.4 Å². The lowest BCUT2D eigenvalue weighted by molar-refractivity contribution is 0.558. The SMILES string of the molecule is N#CC1(CNCc2ccc(Cl)c(Cl)c2)CC1. The van der Waals surface area contributed by atoms with Crippen molar-refractivity contribution in [1.82, 2.24) is 5.32 Å². The standard InChI is InChI=1S/C12H12Cl2N2/c13-10-2-1-9(5-11(10)14)6-16-8-12(7-15)3-4-12/h1-2,5,16H,3-4,6,8H2. The van der Waals surface area contributed by atoms with Gasteiger partial charge < -0.3 is 5.32 Å². The molecule has 1 saturated carbocycles. The van der Waals surface area contributed by atoms with Crippen molar-refractivity contribution in [2.24, 2.45) is 5.41 Å². The van der Waals surface area contributed by atoms with Crippen LogP contribution >= 0.6 is 23.2 Å². The van der Waals surface area contributed by atoms with Crippen LogP contribution < -0.4 is 5.32 Å². The van der Waals surface area contributed by atoms with Crippen molar-refractivity contribution in [1.29, 1.82) is 5.26 Å². The Labute approximate surface area is 105 Å². The topological polar surface area (TPSA) is 35.8 Å². The number of nitrogens with one attached hydrogen (secondary N) is 1. The molecule has 1 aromatic carbocycles. The normalized spacial score (nSPS) is 16.8. The molecule has 0 amide bonds. The fourth-order valence-corrected chi connectivity index (χ4v) is 1.90. The Morgan fingerprint density at radius 2 is 2.06 bits per heavy atom. The maximum Gasteiger partial charge on any atom is 0.0703 e. The summed E-state index contributed by atoms with van der Waals surface area (Å²) in [5.74, 6) is 0. The van der Waals surface area contributed by atoms with Gasteiger partial charge in [-0.25, -0.2) is 0 Å². The molecule has 0 bridgehead atoms. The molecule has 0 unspecified atom stereocenters. The van der Waals surface area contributed by atoms with E-state index in [0.29, 0.717) is 10.0 Å². The third-order valence-electron chi connectivity index (χ3n) is 2.87. The molecule has 2 rings (SSSR count). The zero-order valence-electron chi connectivity index (χ0n) is 8.76. The maximum absolute atomic E-state index is 8.91. The van der Waals surface area contributed by atoms with Crippen molar-refractivity contribution >= 4 is 23.2 Å². The van der Waals surface area contributed by atoms with E-state index in [-0.39, 0.29) is 5.41 Å². The van der Waals surface area contributed by atoms with Crippen LogP contribution in [-0.4, -0.2) is 6.54 Å². The largest absolute Gasteiger partial charge is 0.311 e.